The first kappa shape index (κ1) is 15.2. The third-order valence-corrected chi connectivity index (χ3v) is 6.96. The number of sulfonamides is 1. The van der Waals surface area contributed by atoms with E-state index in [1.165, 1.54) is 18.4 Å². The van der Waals surface area contributed by atoms with Crippen LogP contribution in [0.5, 0.6) is 0 Å². The molecule has 2 atom stereocenters. The van der Waals surface area contributed by atoms with Crippen LogP contribution >= 0.6 is 11.3 Å². The third-order valence-electron chi connectivity index (χ3n) is 3.55. The maximum Gasteiger partial charge on any atom is 0.304 e. The van der Waals surface area contributed by atoms with E-state index in [4.69, 9.17) is 0 Å². The largest absolute Gasteiger partial charge is 0.374 e. The second kappa shape index (κ2) is 5.30. The Bertz CT molecular complexity index is 626. The first-order chi connectivity index (χ1) is 9.27. The summed E-state index contributed by atoms with van der Waals surface area (Å²) < 4.78 is 26.1. The molecule has 1 aliphatic rings. The first-order valence-electron chi connectivity index (χ1n) is 6.19. The third kappa shape index (κ3) is 2.79. The highest BCUT2D eigenvalue weighted by Crippen LogP contribution is 2.41. The van der Waals surface area contributed by atoms with Gasteiger partial charge in [-0.1, -0.05) is 18.3 Å². The van der Waals surface area contributed by atoms with Crippen LogP contribution in [0.3, 0.4) is 0 Å². The fourth-order valence-corrected chi connectivity index (χ4v) is 4.76. The lowest BCUT2D eigenvalue weighted by atomic mass is 10.3. The van der Waals surface area contributed by atoms with Gasteiger partial charge in [0, 0.05) is 26.7 Å². The van der Waals surface area contributed by atoms with Gasteiger partial charge in [-0.25, -0.2) is 8.42 Å². The van der Waals surface area contributed by atoms with E-state index in [0.29, 0.717) is 18.4 Å². The number of hydrogen-bond acceptors (Lipinski definition) is 6. The maximum absolute atomic E-state index is 12.4. The van der Waals surface area contributed by atoms with Crippen molar-refractivity contribution in [2.24, 2.45) is 11.8 Å². The van der Waals surface area contributed by atoms with Gasteiger partial charge in [-0.05, 0) is 18.3 Å². The molecule has 1 heterocycles. The second-order valence-electron chi connectivity index (χ2n) is 5.05. The lowest BCUT2D eigenvalue weighted by Crippen LogP contribution is -2.28. The summed E-state index contributed by atoms with van der Waals surface area (Å²) in [5, 5.41) is 13.8. The Labute approximate surface area is 121 Å². The highest BCUT2D eigenvalue weighted by Gasteiger charge is 2.37. The fourth-order valence-electron chi connectivity index (χ4n) is 2.04. The lowest BCUT2D eigenvalue weighted by molar-refractivity contribution is -0.383. The van der Waals surface area contributed by atoms with E-state index in [9.17, 15) is 18.5 Å². The van der Waals surface area contributed by atoms with E-state index >= 15 is 0 Å². The zero-order chi connectivity index (χ0) is 15.1. The summed E-state index contributed by atoms with van der Waals surface area (Å²) >= 11 is 0.889. The van der Waals surface area contributed by atoms with Crippen molar-refractivity contribution >= 4 is 32.0 Å². The number of anilines is 1. The minimum atomic E-state index is -3.66. The van der Waals surface area contributed by atoms with E-state index in [1.807, 2.05) is 0 Å². The summed E-state index contributed by atoms with van der Waals surface area (Å²) in [5.74, 6) is 0.951. The molecule has 0 bridgehead atoms. The van der Waals surface area contributed by atoms with Gasteiger partial charge in [0.1, 0.15) is 4.21 Å². The Balaban J connectivity index is 2.26. The number of rotatable bonds is 6. The van der Waals surface area contributed by atoms with Gasteiger partial charge in [0.25, 0.3) is 10.0 Å². The Kier molecular flexibility index (Phi) is 4.03. The van der Waals surface area contributed by atoms with Crippen LogP contribution in [0, 0.1) is 22.0 Å². The van der Waals surface area contributed by atoms with Gasteiger partial charge < -0.3 is 5.32 Å². The first-order valence-corrected chi connectivity index (χ1v) is 8.45. The number of nitrogens with one attached hydrogen (secondary N) is 1. The SMILES string of the molecule is CNc1sc(S(=O)(=O)N(C)CC2CC2C)cc1[N+](=O)[O-]. The van der Waals surface area contributed by atoms with Crippen LogP contribution in [0.4, 0.5) is 10.7 Å². The number of nitrogens with zero attached hydrogens (tertiary/aromatic N) is 2. The molecule has 0 amide bonds. The molecule has 1 aromatic heterocycles. The smallest absolute Gasteiger partial charge is 0.304 e. The van der Waals surface area contributed by atoms with Crippen molar-refractivity contribution in [3.63, 3.8) is 0 Å². The highest BCUT2D eigenvalue weighted by atomic mass is 32.2. The summed E-state index contributed by atoms with van der Waals surface area (Å²) in [5.41, 5.74) is -0.204. The van der Waals surface area contributed by atoms with Crippen LogP contribution in [-0.4, -0.2) is 38.3 Å². The van der Waals surface area contributed by atoms with Crippen LogP contribution in [0.25, 0.3) is 0 Å². The monoisotopic (exact) mass is 319 g/mol. The van der Waals surface area contributed by atoms with Crippen LogP contribution in [0.15, 0.2) is 10.3 Å². The van der Waals surface area contributed by atoms with Crippen molar-refractivity contribution in [2.75, 3.05) is 26.0 Å². The lowest BCUT2D eigenvalue weighted by Gasteiger charge is -2.15. The van der Waals surface area contributed by atoms with Crippen molar-refractivity contribution in [2.45, 2.75) is 17.6 Å². The Morgan fingerprint density at radius 1 is 1.60 bits per heavy atom. The molecule has 1 aliphatic carbocycles. The molecule has 20 heavy (non-hydrogen) atoms. The van der Waals surface area contributed by atoms with Gasteiger partial charge in [-0.2, -0.15) is 4.31 Å². The fraction of sp³-hybridized carbons (Fsp3) is 0.636. The summed E-state index contributed by atoms with van der Waals surface area (Å²) in [6.45, 7) is 2.55. The van der Waals surface area contributed by atoms with E-state index < -0.39 is 14.9 Å². The maximum atomic E-state index is 12.4. The molecule has 0 aliphatic heterocycles. The van der Waals surface area contributed by atoms with Crippen LogP contribution in [0.1, 0.15) is 13.3 Å². The van der Waals surface area contributed by atoms with Crippen molar-refractivity contribution in [3.05, 3.63) is 16.2 Å². The predicted octanol–water partition coefficient (Wildman–Crippen LogP) is 1.97. The van der Waals surface area contributed by atoms with E-state index in [0.717, 1.165) is 23.8 Å². The van der Waals surface area contributed by atoms with Gasteiger partial charge >= 0.3 is 5.69 Å². The summed E-state index contributed by atoms with van der Waals surface area (Å²) in [4.78, 5) is 10.3. The molecular weight excluding hydrogens is 302 g/mol. The van der Waals surface area contributed by atoms with Gasteiger partial charge in [0.2, 0.25) is 0 Å². The molecule has 2 unspecified atom stereocenters. The van der Waals surface area contributed by atoms with Crippen LogP contribution in [0.2, 0.25) is 0 Å². The average Bonchev–Trinajstić information content (AvgIpc) is 2.92. The van der Waals surface area contributed by atoms with Crippen molar-refractivity contribution in [1.29, 1.82) is 0 Å². The van der Waals surface area contributed by atoms with Gasteiger partial charge in [0.15, 0.2) is 5.00 Å². The van der Waals surface area contributed by atoms with Gasteiger partial charge in [-0.3, -0.25) is 10.1 Å². The molecule has 0 aromatic carbocycles. The van der Waals surface area contributed by atoms with Gasteiger partial charge in [0.05, 0.1) is 4.92 Å². The minimum absolute atomic E-state index is 0.00403. The topological polar surface area (TPSA) is 92.6 Å². The molecule has 112 valence electrons. The van der Waals surface area contributed by atoms with Crippen molar-refractivity contribution < 1.29 is 13.3 Å². The highest BCUT2D eigenvalue weighted by molar-refractivity contribution is 7.91. The van der Waals surface area contributed by atoms with Gasteiger partial charge in [-0.15, -0.1) is 0 Å². The number of thiophene rings is 1. The molecule has 0 saturated heterocycles. The van der Waals surface area contributed by atoms with Crippen molar-refractivity contribution in [3.8, 4) is 0 Å². The predicted molar refractivity (Wildman–Crippen MR) is 77.6 cm³/mol. The van der Waals surface area contributed by atoms with Crippen LogP contribution in [-0.2, 0) is 10.0 Å². The Morgan fingerprint density at radius 2 is 2.20 bits per heavy atom. The zero-order valence-corrected chi connectivity index (χ0v) is 13.1. The Hall–Kier alpha value is -1.19. The summed E-state index contributed by atoms with van der Waals surface area (Å²) in [7, 11) is -0.604. The van der Waals surface area contributed by atoms with Crippen molar-refractivity contribution in [1.82, 2.24) is 4.31 Å². The summed E-state index contributed by atoms with van der Waals surface area (Å²) in [6.07, 6.45) is 1.03. The quantitative estimate of drug-likeness (QED) is 0.639. The minimum Gasteiger partial charge on any atom is -0.374 e. The summed E-state index contributed by atoms with van der Waals surface area (Å²) in [6, 6.07) is 1.12. The number of hydrogen-bond donors (Lipinski definition) is 1. The molecule has 2 rings (SSSR count). The van der Waals surface area contributed by atoms with E-state index in [-0.39, 0.29) is 14.9 Å². The second-order valence-corrected chi connectivity index (χ2v) is 8.37. The zero-order valence-electron chi connectivity index (χ0n) is 11.5. The molecule has 7 nitrogen and oxygen atoms in total. The standard InChI is InChI=1S/C11H17N3O4S2/c1-7-4-8(7)6-13(3)20(17,18)10-5-9(14(15)16)11(12-2)19-10/h5,7-8,12H,4,6H2,1-3H3. The molecule has 9 heteroatoms. The van der Waals surface area contributed by atoms with E-state index in [2.05, 4.69) is 12.2 Å². The molecule has 0 spiro atoms. The molecule has 0 radical (unpaired) electrons. The Morgan fingerprint density at radius 3 is 2.60 bits per heavy atom. The molecule has 1 aromatic rings. The molecular formula is C11H17N3O4S2. The normalized spacial score (nSPS) is 22.0. The molecule has 1 fully saturated rings. The molecule has 1 saturated carbocycles. The van der Waals surface area contributed by atoms with Crippen LogP contribution < -0.4 is 5.32 Å². The van der Waals surface area contributed by atoms with E-state index in [1.54, 1.807) is 0 Å². The molecule has 1 N–H and O–H groups in total. The average molecular weight is 319 g/mol. The number of nitro groups is 1.